The average molecular weight is 580 g/mol. The van der Waals surface area contributed by atoms with Crippen molar-refractivity contribution in [3.05, 3.63) is 35.5 Å². The molecule has 224 valence electrons. The molecular weight excluding hydrogens is 543 g/mol. The molecule has 2 aromatic rings. The number of amides is 2. The second-order valence-electron chi connectivity index (χ2n) is 11.5. The van der Waals surface area contributed by atoms with E-state index in [1.54, 1.807) is 33.8 Å². The molecule has 0 saturated carbocycles. The highest BCUT2D eigenvalue weighted by Crippen LogP contribution is 2.39. The van der Waals surface area contributed by atoms with Gasteiger partial charge in [0.25, 0.3) is 0 Å². The number of rotatable bonds is 2. The molecule has 4 bridgehead atoms. The van der Waals surface area contributed by atoms with Gasteiger partial charge in [-0.05, 0) is 61.8 Å². The number of benzene rings is 1. The van der Waals surface area contributed by atoms with Crippen LogP contribution in [0.2, 0.25) is 0 Å². The van der Waals surface area contributed by atoms with Gasteiger partial charge >= 0.3 is 18.2 Å². The Morgan fingerprint density at radius 1 is 1.15 bits per heavy atom. The van der Waals surface area contributed by atoms with E-state index in [4.69, 9.17) is 14.2 Å². The number of nitrogens with one attached hydrogen (secondary N) is 1. The van der Waals surface area contributed by atoms with Gasteiger partial charge in [-0.3, -0.25) is 4.79 Å². The molecule has 0 unspecified atom stereocenters. The van der Waals surface area contributed by atoms with E-state index in [9.17, 15) is 27.6 Å². The Labute approximate surface area is 236 Å². The third-order valence-corrected chi connectivity index (χ3v) is 7.31. The predicted octanol–water partition coefficient (Wildman–Crippen LogP) is 5.03. The number of aryl methyl sites for hydroxylation is 1. The number of fused-ring (bicyclic) bond motifs is 3. The molecule has 2 amide bonds. The number of carbonyl (C=O) groups excluding carboxylic acids is 3. The maximum Gasteiger partial charge on any atom is 0.417 e. The molecule has 4 rings (SSSR count). The van der Waals surface area contributed by atoms with Crippen LogP contribution in [0.1, 0.15) is 64.5 Å². The zero-order valence-corrected chi connectivity index (χ0v) is 23.7. The van der Waals surface area contributed by atoms with Gasteiger partial charge in [0.05, 0.1) is 25.3 Å². The number of ether oxygens (including phenoxy) is 3. The highest BCUT2D eigenvalue weighted by molar-refractivity contribution is 5.92. The third-order valence-electron chi connectivity index (χ3n) is 7.31. The van der Waals surface area contributed by atoms with Crippen LogP contribution in [-0.2, 0) is 31.7 Å². The number of aromatic nitrogens is 1. The first-order valence-corrected chi connectivity index (χ1v) is 13.9. The van der Waals surface area contributed by atoms with E-state index in [2.05, 4.69) is 10.3 Å². The van der Waals surface area contributed by atoms with Gasteiger partial charge in [-0.25, -0.2) is 14.6 Å². The number of alkyl halides is 3. The van der Waals surface area contributed by atoms with Gasteiger partial charge < -0.3 is 24.4 Å². The molecule has 2 aliphatic rings. The molecule has 1 fully saturated rings. The summed E-state index contributed by atoms with van der Waals surface area (Å²) in [4.78, 5) is 45.0. The van der Waals surface area contributed by atoms with E-state index in [1.165, 1.54) is 17.2 Å². The van der Waals surface area contributed by atoms with Gasteiger partial charge in [-0.1, -0.05) is 20.8 Å². The maximum atomic E-state index is 14.1. The van der Waals surface area contributed by atoms with Crippen LogP contribution in [0.3, 0.4) is 0 Å². The zero-order chi connectivity index (χ0) is 29.9. The second-order valence-corrected chi connectivity index (χ2v) is 11.5. The molecule has 1 N–H and O–H groups in total. The number of pyridine rings is 1. The molecule has 0 radical (unpaired) electrons. The first-order chi connectivity index (χ1) is 19.3. The quantitative estimate of drug-likeness (QED) is 0.498. The van der Waals surface area contributed by atoms with Crippen molar-refractivity contribution < 1.29 is 41.8 Å². The van der Waals surface area contributed by atoms with Gasteiger partial charge in [-0.2, -0.15) is 13.2 Å². The summed E-state index contributed by atoms with van der Waals surface area (Å²) in [6.45, 7) is 7.09. The van der Waals surface area contributed by atoms with E-state index in [-0.39, 0.29) is 42.8 Å². The standard InChI is InChI=1S/C29H36F3N3O6/c1-5-39-26(37)22-15-18-16-35(22)25(36)23(28(2,3)4)34-27(38)40-12-8-6-7-9-17-13-20-19(10-11-33-24(20)41-18)21(14-17)29(30,31)32/h10-11,13-14,18,22-23H,5-9,12,15-16H2,1-4H3,(H,34,38)/t18-,22+,23-/m1/s1. The summed E-state index contributed by atoms with van der Waals surface area (Å²) in [5.74, 6) is -1.17. The van der Waals surface area contributed by atoms with Crippen LogP contribution in [-0.4, -0.2) is 65.8 Å². The number of halogens is 3. The summed E-state index contributed by atoms with van der Waals surface area (Å²) in [5.41, 5.74) is -1.05. The Hall–Kier alpha value is -3.57. The molecule has 3 heterocycles. The number of nitrogens with zero attached hydrogens (tertiary/aromatic N) is 2. The Morgan fingerprint density at radius 3 is 2.59 bits per heavy atom. The topological polar surface area (TPSA) is 107 Å². The van der Waals surface area contributed by atoms with Crippen LogP contribution in [0.4, 0.5) is 18.0 Å². The van der Waals surface area contributed by atoms with Crippen molar-refractivity contribution in [2.75, 3.05) is 19.8 Å². The van der Waals surface area contributed by atoms with Crippen LogP contribution < -0.4 is 10.1 Å². The van der Waals surface area contributed by atoms with Crippen molar-refractivity contribution in [1.29, 1.82) is 0 Å². The molecule has 2 aliphatic heterocycles. The smallest absolute Gasteiger partial charge is 0.417 e. The molecule has 1 saturated heterocycles. The lowest BCUT2D eigenvalue weighted by Gasteiger charge is -2.34. The summed E-state index contributed by atoms with van der Waals surface area (Å²) < 4.78 is 58.9. The first-order valence-electron chi connectivity index (χ1n) is 13.9. The summed E-state index contributed by atoms with van der Waals surface area (Å²) in [6.07, 6.45) is -2.78. The predicted molar refractivity (Wildman–Crippen MR) is 143 cm³/mol. The zero-order valence-electron chi connectivity index (χ0n) is 23.7. The van der Waals surface area contributed by atoms with E-state index in [0.29, 0.717) is 31.2 Å². The summed E-state index contributed by atoms with van der Waals surface area (Å²) in [6, 6.07) is 2.05. The van der Waals surface area contributed by atoms with E-state index >= 15 is 0 Å². The molecule has 0 aliphatic carbocycles. The minimum Gasteiger partial charge on any atom is -0.472 e. The highest BCUT2D eigenvalue weighted by atomic mass is 19.4. The largest absolute Gasteiger partial charge is 0.472 e. The summed E-state index contributed by atoms with van der Waals surface area (Å²) in [7, 11) is 0. The maximum absolute atomic E-state index is 14.1. The second kappa shape index (κ2) is 12.1. The Kier molecular flexibility index (Phi) is 8.98. The van der Waals surface area contributed by atoms with Crippen molar-refractivity contribution in [2.45, 2.75) is 84.2 Å². The van der Waals surface area contributed by atoms with Gasteiger partial charge in [0, 0.05) is 23.4 Å². The molecule has 3 atom stereocenters. The third kappa shape index (κ3) is 7.02. The average Bonchev–Trinajstić information content (AvgIpc) is 3.31. The van der Waals surface area contributed by atoms with Crippen molar-refractivity contribution >= 4 is 28.7 Å². The van der Waals surface area contributed by atoms with Crippen molar-refractivity contribution in [3.8, 4) is 5.88 Å². The van der Waals surface area contributed by atoms with Crippen molar-refractivity contribution in [2.24, 2.45) is 5.41 Å². The Bertz CT molecular complexity index is 1290. The summed E-state index contributed by atoms with van der Waals surface area (Å²) in [5, 5.41) is 2.83. The van der Waals surface area contributed by atoms with E-state index in [1.807, 2.05) is 0 Å². The lowest BCUT2D eigenvalue weighted by atomic mass is 9.85. The normalized spacial score (nSPS) is 22.9. The van der Waals surface area contributed by atoms with Crippen molar-refractivity contribution in [1.82, 2.24) is 15.2 Å². The number of hydrogen-bond donors (Lipinski definition) is 1. The number of alkyl carbamates (subject to hydrolysis) is 1. The molecule has 1 aromatic carbocycles. The fraction of sp³-hybridized carbons (Fsp3) is 0.586. The lowest BCUT2D eigenvalue weighted by Crippen LogP contribution is -2.57. The molecule has 41 heavy (non-hydrogen) atoms. The number of carbonyl (C=O) groups is 3. The van der Waals surface area contributed by atoms with Gasteiger partial charge in [-0.15, -0.1) is 0 Å². The van der Waals surface area contributed by atoms with Gasteiger partial charge in [0.15, 0.2) is 0 Å². The Balaban J connectivity index is 1.78. The number of cyclic esters (lactones) is 1. The van der Waals surface area contributed by atoms with Crippen LogP contribution in [0, 0.1) is 5.41 Å². The minimum absolute atomic E-state index is 0.00746. The molecular formula is C29H36F3N3O6. The monoisotopic (exact) mass is 579 g/mol. The number of esters is 1. The van der Waals surface area contributed by atoms with Crippen LogP contribution >= 0.6 is 0 Å². The van der Waals surface area contributed by atoms with Gasteiger partial charge in [0.2, 0.25) is 11.8 Å². The highest BCUT2D eigenvalue weighted by Gasteiger charge is 2.46. The van der Waals surface area contributed by atoms with E-state index < -0.39 is 53.3 Å². The molecule has 0 spiro atoms. The summed E-state index contributed by atoms with van der Waals surface area (Å²) >= 11 is 0. The fourth-order valence-corrected chi connectivity index (χ4v) is 5.28. The van der Waals surface area contributed by atoms with E-state index in [0.717, 1.165) is 6.07 Å². The van der Waals surface area contributed by atoms with Crippen LogP contribution in [0.25, 0.3) is 10.8 Å². The SMILES string of the molecule is CCOC(=O)[C@@H]1C[C@@H]2CN1C(=O)[C@H](C(C)(C)C)NC(=O)OCCCCCc1cc(C(F)(F)F)c3ccnc(c3c1)O2. The molecule has 9 nitrogen and oxygen atoms in total. The first kappa shape index (κ1) is 30.4. The lowest BCUT2D eigenvalue weighted by molar-refractivity contribution is -0.154. The number of hydrogen-bond acceptors (Lipinski definition) is 7. The molecule has 1 aromatic heterocycles. The van der Waals surface area contributed by atoms with Crippen LogP contribution in [0.5, 0.6) is 5.88 Å². The Morgan fingerprint density at radius 2 is 1.90 bits per heavy atom. The van der Waals surface area contributed by atoms with Gasteiger partial charge in [0.1, 0.15) is 18.2 Å². The minimum atomic E-state index is -4.60. The fourth-order valence-electron chi connectivity index (χ4n) is 5.28. The molecule has 12 heteroatoms. The van der Waals surface area contributed by atoms with Crippen LogP contribution in [0.15, 0.2) is 24.4 Å². The van der Waals surface area contributed by atoms with Crippen molar-refractivity contribution in [3.63, 3.8) is 0 Å².